The lowest BCUT2D eigenvalue weighted by atomic mass is 9.58. The highest BCUT2D eigenvalue weighted by Crippen LogP contribution is 2.49. The first-order valence-electron chi connectivity index (χ1n) is 7.76. The topological polar surface area (TPSA) is 17.1 Å². The molecule has 0 aliphatic heterocycles. The molecule has 2 rings (SSSR count). The van der Waals surface area contributed by atoms with Crippen molar-refractivity contribution in [3.8, 4) is 0 Å². The molecule has 0 bridgehead atoms. The zero-order valence-electron chi connectivity index (χ0n) is 14.1. The van der Waals surface area contributed by atoms with E-state index in [0.717, 1.165) is 11.1 Å². The average Bonchev–Trinajstić information content (AvgIpc) is 2.33. The fourth-order valence-electron chi connectivity index (χ4n) is 3.56. The van der Waals surface area contributed by atoms with E-state index >= 15 is 0 Å². The van der Waals surface area contributed by atoms with Gasteiger partial charge in [-0.05, 0) is 66.2 Å². The second-order valence-electron chi connectivity index (χ2n) is 7.72. The lowest BCUT2D eigenvalue weighted by Crippen LogP contribution is -2.39. The summed E-state index contributed by atoms with van der Waals surface area (Å²) in [5.74, 6) is 0.790. The van der Waals surface area contributed by atoms with Gasteiger partial charge in [-0.25, -0.2) is 0 Å². The van der Waals surface area contributed by atoms with Crippen molar-refractivity contribution in [2.75, 3.05) is 0 Å². The predicted octanol–water partition coefficient (Wildman–Crippen LogP) is 5.18. The Bertz CT molecular complexity index is 551. The second-order valence-corrected chi connectivity index (χ2v) is 7.72. The van der Waals surface area contributed by atoms with Crippen molar-refractivity contribution in [2.24, 2.45) is 5.92 Å². The number of rotatable bonds is 2. The van der Waals surface area contributed by atoms with Gasteiger partial charge in [0.1, 0.15) is 0 Å². The van der Waals surface area contributed by atoms with Gasteiger partial charge in [0, 0.05) is 5.56 Å². The van der Waals surface area contributed by atoms with Crippen LogP contribution >= 0.6 is 0 Å². The van der Waals surface area contributed by atoms with Crippen molar-refractivity contribution >= 4 is 5.78 Å². The summed E-state index contributed by atoms with van der Waals surface area (Å²) >= 11 is 0. The Kier molecular flexibility index (Phi) is 3.60. The normalized spacial score (nSPS) is 24.6. The number of Topliss-reactive ketones (excluding diaryl/α,β-unsaturated/α-hetero) is 1. The van der Waals surface area contributed by atoms with Crippen LogP contribution < -0.4 is 0 Å². The van der Waals surface area contributed by atoms with E-state index in [1.54, 1.807) is 6.92 Å². The molecule has 110 valence electrons. The first-order chi connectivity index (χ1) is 9.09. The Morgan fingerprint density at radius 1 is 1.10 bits per heavy atom. The molecule has 0 radical (unpaired) electrons. The van der Waals surface area contributed by atoms with Gasteiger partial charge in [-0.1, -0.05) is 40.7 Å². The second kappa shape index (κ2) is 4.72. The molecular weight excluding hydrogens is 244 g/mol. The molecule has 1 atom stereocenters. The highest BCUT2D eigenvalue weighted by atomic mass is 16.1. The van der Waals surface area contributed by atoms with E-state index < -0.39 is 0 Å². The van der Waals surface area contributed by atoms with E-state index in [9.17, 15) is 4.79 Å². The minimum absolute atomic E-state index is 0.168. The van der Waals surface area contributed by atoms with Crippen LogP contribution in [0, 0.1) is 12.8 Å². The molecule has 1 aliphatic rings. The fourth-order valence-corrected chi connectivity index (χ4v) is 3.56. The largest absolute Gasteiger partial charge is 0.295 e. The Labute approximate surface area is 123 Å². The number of hydrogen-bond donors (Lipinski definition) is 0. The molecule has 1 unspecified atom stereocenters. The SMILES string of the molecule is CC(=O)c1cc2c(cc1C)C(C)(C(C)C)CCC2(C)C. The van der Waals surface area contributed by atoms with Gasteiger partial charge in [0.05, 0.1) is 0 Å². The summed E-state index contributed by atoms with van der Waals surface area (Å²) in [5, 5.41) is 0. The van der Waals surface area contributed by atoms with Crippen molar-refractivity contribution in [1.29, 1.82) is 0 Å². The van der Waals surface area contributed by atoms with Crippen molar-refractivity contribution in [1.82, 2.24) is 0 Å². The van der Waals surface area contributed by atoms with Crippen LogP contribution in [0.5, 0.6) is 0 Å². The van der Waals surface area contributed by atoms with Crippen LogP contribution in [-0.2, 0) is 10.8 Å². The summed E-state index contributed by atoms with van der Waals surface area (Å²) in [5.41, 5.74) is 5.26. The molecule has 0 saturated carbocycles. The maximum absolute atomic E-state index is 11.9. The quantitative estimate of drug-likeness (QED) is 0.678. The van der Waals surface area contributed by atoms with E-state index in [0.29, 0.717) is 5.92 Å². The molecule has 1 heteroatoms. The predicted molar refractivity (Wildman–Crippen MR) is 85.6 cm³/mol. The third-order valence-corrected chi connectivity index (χ3v) is 5.63. The minimum atomic E-state index is 0.168. The molecular formula is C19H28O. The minimum Gasteiger partial charge on any atom is -0.295 e. The molecule has 1 aromatic rings. The molecule has 0 spiro atoms. The van der Waals surface area contributed by atoms with Crippen LogP contribution in [0.3, 0.4) is 0 Å². The monoisotopic (exact) mass is 272 g/mol. The standard InChI is InChI=1S/C19H28O/c1-12(2)19(7)9-8-18(5,6)16-11-15(14(4)20)13(3)10-17(16)19/h10-12H,8-9H2,1-7H3. The maximum atomic E-state index is 11.9. The zero-order valence-corrected chi connectivity index (χ0v) is 14.1. The number of carbonyl (C=O) groups is 1. The van der Waals surface area contributed by atoms with Crippen LogP contribution in [0.15, 0.2) is 12.1 Å². The molecule has 0 amide bonds. The van der Waals surface area contributed by atoms with E-state index in [2.05, 4.69) is 53.7 Å². The van der Waals surface area contributed by atoms with Crippen molar-refractivity contribution in [3.63, 3.8) is 0 Å². The number of aryl methyl sites for hydroxylation is 1. The maximum Gasteiger partial charge on any atom is 0.160 e. The van der Waals surface area contributed by atoms with Gasteiger partial charge >= 0.3 is 0 Å². The van der Waals surface area contributed by atoms with Gasteiger partial charge in [0.2, 0.25) is 0 Å². The Balaban J connectivity index is 2.74. The number of benzene rings is 1. The molecule has 1 aromatic carbocycles. The molecule has 20 heavy (non-hydrogen) atoms. The first kappa shape index (κ1) is 15.3. The number of hydrogen-bond acceptors (Lipinski definition) is 1. The van der Waals surface area contributed by atoms with Crippen molar-refractivity contribution < 1.29 is 4.79 Å². The average molecular weight is 272 g/mol. The van der Waals surface area contributed by atoms with Gasteiger partial charge in [0.15, 0.2) is 5.78 Å². The summed E-state index contributed by atoms with van der Waals surface area (Å²) in [7, 11) is 0. The van der Waals surface area contributed by atoms with Crippen LogP contribution in [0.25, 0.3) is 0 Å². The van der Waals surface area contributed by atoms with E-state index in [4.69, 9.17) is 0 Å². The molecule has 0 aromatic heterocycles. The van der Waals surface area contributed by atoms with Crippen molar-refractivity contribution in [3.05, 3.63) is 34.4 Å². The highest BCUT2D eigenvalue weighted by molar-refractivity contribution is 5.96. The fraction of sp³-hybridized carbons (Fsp3) is 0.632. The third-order valence-electron chi connectivity index (χ3n) is 5.63. The molecule has 1 nitrogen and oxygen atoms in total. The first-order valence-corrected chi connectivity index (χ1v) is 7.76. The van der Waals surface area contributed by atoms with Crippen LogP contribution in [0.1, 0.15) is 81.4 Å². The van der Waals surface area contributed by atoms with E-state index in [1.165, 1.54) is 24.0 Å². The van der Waals surface area contributed by atoms with Crippen LogP contribution in [0.2, 0.25) is 0 Å². The lowest BCUT2D eigenvalue weighted by molar-refractivity contribution is 0.101. The molecule has 0 fully saturated rings. The summed E-state index contributed by atoms with van der Waals surface area (Å²) in [6, 6.07) is 4.46. The highest BCUT2D eigenvalue weighted by Gasteiger charge is 2.41. The van der Waals surface area contributed by atoms with Crippen LogP contribution in [-0.4, -0.2) is 5.78 Å². The summed E-state index contributed by atoms with van der Waals surface area (Å²) < 4.78 is 0. The van der Waals surface area contributed by atoms with E-state index in [1.807, 2.05) is 0 Å². The zero-order chi connectivity index (χ0) is 15.3. The Morgan fingerprint density at radius 2 is 1.70 bits per heavy atom. The summed E-state index contributed by atoms with van der Waals surface area (Å²) in [6.07, 6.45) is 2.42. The summed E-state index contributed by atoms with van der Waals surface area (Å²) in [6.45, 7) is 15.4. The smallest absolute Gasteiger partial charge is 0.160 e. The van der Waals surface area contributed by atoms with Gasteiger partial charge < -0.3 is 0 Å². The Morgan fingerprint density at radius 3 is 2.20 bits per heavy atom. The number of carbonyl (C=O) groups excluding carboxylic acids is 1. The Hall–Kier alpha value is -1.11. The van der Waals surface area contributed by atoms with Crippen molar-refractivity contribution in [2.45, 2.75) is 72.1 Å². The molecule has 0 N–H and O–H groups in total. The summed E-state index contributed by atoms with van der Waals surface area (Å²) in [4.78, 5) is 11.9. The molecule has 0 saturated heterocycles. The van der Waals surface area contributed by atoms with Gasteiger partial charge in [-0.3, -0.25) is 4.79 Å². The van der Waals surface area contributed by atoms with Gasteiger partial charge in [-0.2, -0.15) is 0 Å². The molecule has 0 heterocycles. The van der Waals surface area contributed by atoms with Gasteiger partial charge in [-0.15, -0.1) is 0 Å². The number of fused-ring (bicyclic) bond motifs is 1. The lowest BCUT2D eigenvalue weighted by Gasteiger charge is -2.46. The van der Waals surface area contributed by atoms with E-state index in [-0.39, 0.29) is 16.6 Å². The van der Waals surface area contributed by atoms with Crippen LogP contribution in [0.4, 0.5) is 0 Å². The van der Waals surface area contributed by atoms with Gasteiger partial charge in [0.25, 0.3) is 0 Å². The third kappa shape index (κ3) is 2.21. The number of ketones is 1. The molecule has 1 aliphatic carbocycles.